The van der Waals surface area contributed by atoms with E-state index in [-0.39, 0.29) is 11.3 Å². The Morgan fingerprint density at radius 2 is 1.70 bits per heavy atom. The van der Waals surface area contributed by atoms with Gasteiger partial charge in [0.15, 0.2) is 0 Å². The van der Waals surface area contributed by atoms with Gasteiger partial charge in [0.25, 0.3) is 11.7 Å². The van der Waals surface area contributed by atoms with E-state index in [0.29, 0.717) is 49.2 Å². The van der Waals surface area contributed by atoms with Crippen LogP contribution >= 0.6 is 0 Å². The Morgan fingerprint density at radius 3 is 2.36 bits per heavy atom. The summed E-state index contributed by atoms with van der Waals surface area (Å²) < 4.78 is 11.5. The Bertz CT molecular complexity index is 1030. The van der Waals surface area contributed by atoms with Crippen LogP contribution in [-0.2, 0) is 9.59 Å². The van der Waals surface area contributed by atoms with E-state index >= 15 is 0 Å². The lowest BCUT2D eigenvalue weighted by Gasteiger charge is -2.25. The lowest BCUT2D eigenvalue weighted by atomic mass is 9.95. The van der Waals surface area contributed by atoms with Crippen LogP contribution in [0.3, 0.4) is 0 Å². The van der Waals surface area contributed by atoms with E-state index in [1.807, 2.05) is 38.1 Å². The van der Waals surface area contributed by atoms with Crippen LogP contribution in [0.1, 0.15) is 57.7 Å². The summed E-state index contributed by atoms with van der Waals surface area (Å²) >= 11 is 0. The highest BCUT2D eigenvalue weighted by molar-refractivity contribution is 6.46. The molecule has 1 saturated heterocycles. The van der Waals surface area contributed by atoms with Crippen molar-refractivity contribution in [2.75, 3.05) is 19.8 Å². The summed E-state index contributed by atoms with van der Waals surface area (Å²) in [6, 6.07) is 13.7. The number of rotatable bonds is 10. The Hall–Kier alpha value is -3.28. The molecule has 1 fully saturated rings. The standard InChI is InChI=1S/C27H33NO5/c1-5-13-28-24(19-9-7-12-22(15-19)33-17-18(3)4)23(26(30)27(28)31)25(29)20-10-8-11-21(16-20)32-14-6-2/h7-12,15-16,18,24,29H,5-6,13-14,17H2,1-4H3/b25-23-. The molecule has 0 saturated carbocycles. The highest BCUT2D eigenvalue weighted by atomic mass is 16.5. The van der Waals surface area contributed by atoms with Gasteiger partial charge in [-0.15, -0.1) is 0 Å². The number of hydrogen-bond donors (Lipinski definition) is 1. The smallest absolute Gasteiger partial charge is 0.295 e. The number of likely N-dealkylation sites (tertiary alicyclic amines) is 1. The monoisotopic (exact) mass is 451 g/mol. The summed E-state index contributed by atoms with van der Waals surface area (Å²) in [6.45, 7) is 9.61. The Kier molecular flexibility index (Phi) is 8.15. The van der Waals surface area contributed by atoms with E-state index in [2.05, 4.69) is 13.8 Å². The zero-order valence-electron chi connectivity index (χ0n) is 19.8. The lowest BCUT2D eigenvalue weighted by molar-refractivity contribution is -0.139. The van der Waals surface area contributed by atoms with E-state index in [0.717, 1.165) is 12.0 Å². The first-order chi connectivity index (χ1) is 15.9. The van der Waals surface area contributed by atoms with Crippen LogP contribution in [0.15, 0.2) is 54.1 Å². The molecule has 0 aliphatic carbocycles. The van der Waals surface area contributed by atoms with Gasteiger partial charge in [-0.05, 0) is 48.6 Å². The molecule has 0 radical (unpaired) electrons. The molecule has 1 unspecified atom stereocenters. The second kappa shape index (κ2) is 11.0. The van der Waals surface area contributed by atoms with Gasteiger partial charge >= 0.3 is 0 Å². The maximum atomic E-state index is 13.1. The van der Waals surface area contributed by atoms with Gasteiger partial charge in [0.1, 0.15) is 17.3 Å². The minimum Gasteiger partial charge on any atom is -0.507 e. The number of ketones is 1. The summed E-state index contributed by atoms with van der Waals surface area (Å²) in [5, 5.41) is 11.2. The summed E-state index contributed by atoms with van der Waals surface area (Å²) in [5.74, 6) is 0.145. The van der Waals surface area contributed by atoms with E-state index in [1.54, 1.807) is 24.3 Å². The van der Waals surface area contributed by atoms with E-state index in [9.17, 15) is 14.7 Å². The maximum Gasteiger partial charge on any atom is 0.295 e. The Balaban J connectivity index is 2.08. The van der Waals surface area contributed by atoms with Gasteiger partial charge in [-0.1, -0.05) is 52.0 Å². The zero-order valence-corrected chi connectivity index (χ0v) is 19.8. The normalized spacial score (nSPS) is 17.6. The molecular formula is C27H33NO5. The molecule has 1 atom stereocenters. The number of hydrogen-bond acceptors (Lipinski definition) is 5. The van der Waals surface area contributed by atoms with Crippen molar-refractivity contribution in [2.45, 2.75) is 46.6 Å². The number of ether oxygens (including phenoxy) is 2. The molecule has 0 aromatic heterocycles. The van der Waals surface area contributed by atoms with Crippen molar-refractivity contribution in [3.63, 3.8) is 0 Å². The summed E-state index contributed by atoms with van der Waals surface area (Å²) in [4.78, 5) is 27.5. The van der Waals surface area contributed by atoms with Crippen LogP contribution in [0.2, 0.25) is 0 Å². The molecule has 3 rings (SSSR count). The molecule has 33 heavy (non-hydrogen) atoms. The minimum absolute atomic E-state index is 0.0853. The van der Waals surface area contributed by atoms with Crippen molar-refractivity contribution in [1.82, 2.24) is 4.90 Å². The number of aliphatic hydroxyl groups is 1. The SMILES string of the molecule is CCCOc1cccc(/C(O)=C2/C(=O)C(=O)N(CCC)C2c2cccc(OCC(C)C)c2)c1. The van der Waals surface area contributed by atoms with E-state index in [4.69, 9.17) is 9.47 Å². The molecule has 1 heterocycles. The minimum atomic E-state index is -0.687. The van der Waals surface area contributed by atoms with Gasteiger partial charge in [0, 0.05) is 12.1 Å². The first-order valence-electron chi connectivity index (χ1n) is 11.6. The second-order valence-corrected chi connectivity index (χ2v) is 8.65. The van der Waals surface area contributed by atoms with Gasteiger partial charge in [0.05, 0.1) is 24.8 Å². The molecule has 0 spiro atoms. The van der Waals surface area contributed by atoms with Gasteiger partial charge in [-0.2, -0.15) is 0 Å². The number of aliphatic hydroxyl groups excluding tert-OH is 1. The number of benzene rings is 2. The van der Waals surface area contributed by atoms with Gasteiger partial charge < -0.3 is 19.5 Å². The average Bonchev–Trinajstić information content (AvgIpc) is 3.06. The lowest BCUT2D eigenvalue weighted by Crippen LogP contribution is -2.30. The molecule has 6 nitrogen and oxygen atoms in total. The highest BCUT2D eigenvalue weighted by Crippen LogP contribution is 2.40. The third-order valence-electron chi connectivity index (χ3n) is 5.34. The van der Waals surface area contributed by atoms with Crippen molar-refractivity contribution < 1.29 is 24.2 Å². The highest BCUT2D eigenvalue weighted by Gasteiger charge is 2.45. The molecule has 1 aliphatic heterocycles. The number of Topliss-reactive ketones (excluding diaryl/α,β-unsaturated/α-hetero) is 1. The number of nitrogens with zero attached hydrogens (tertiary/aromatic N) is 1. The van der Waals surface area contributed by atoms with Crippen molar-refractivity contribution in [1.29, 1.82) is 0 Å². The van der Waals surface area contributed by atoms with Crippen molar-refractivity contribution in [2.24, 2.45) is 5.92 Å². The predicted molar refractivity (Wildman–Crippen MR) is 128 cm³/mol. The fourth-order valence-corrected chi connectivity index (χ4v) is 3.84. The van der Waals surface area contributed by atoms with E-state index in [1.165, 1.54) is 4.90 Å². The molecule has 1 amide bonds. The molecule has 176 valence electrons. The van der Waals surface area contributed by atoms with Crippen LogP contribution in [-0.4, -0.2) is 41.5 Å². The average molecular weight is 452 g/mol. The van der Waals surface area contributed by atoms with Crippen LogP contribution in [0.5, 0.6) is 11.5 Å². The predicted octanol–water partition coefficient (Wildman–Crippen LogP) is 5.34. The zero-order chi connectivity index (χ0) is 24.0. The van der Waals surface area contributed by atoms with Crippen LogP contribution in [0.4, 0.5) is 0 Å². The summed E-state index contributed by atoms with van der Waals surface area (Å²) in [5.41, 5.74) is 1.25. The van der Waals surface area contributed by atoms with Gasteiger partial charge in [-0.3, -0.25) is 9.59 Å². The number of carbonyl (C=O) groups is 2. The topological polar surface area (TPSA) is 76.1 Å². The molecule has 0 bridgehead atoms. The first-order valence-corrected chi connectivity index (χ1v) is 11.6. The molecule has 1 N–H and O–H groups in total. The third kappa shape index (κ3) is 5.56. The van der Waals surface area contributed by atoms with Crippen LogP contribution < -0.4 is 9.47 Å². The molecule has 1 aliphatic rings. The number of amides is 1. The van der Waals surface area contributed by atoms with Crippen LogP contribution in [0.25, 0.3) is 5.76 Å². The Morgan fingerprint density at radius 1 is 1.00 bits per heavy atom. The number of carbonyl (C=O) groups excluding carboxylic acids is 2. The molecule has 6 heteroatoms. The van der Waals surface area contributed by atoms with Crippen molar-refractivity contribution >= 4 is 17.4 Å². The first kappa shape index (κ1) is 24.4. The fourth-order valence-electron chi connectivity index (χ4n) is 3.84. The van der Waals surface area contributed by atoms with Crippen molar-refractivity contribution in [3.05, 3.63) is 65.2 Å². The molecular weight excluding hydrogens is 418 g/mol. The van der Waals surface area contributed by atoms with Gasteiger partial charge in [0.2, 0.25) is 0 Å². The van der Waals surface area contributed by atoms with Crippen molar-refractivity contribution in [3.8, 4) is 11.5 Å². The van der Waals surface area contributed by atoms with E-state index < -0.39 is 17.7 Å². The maximum absolute atomic E-state index is 13.1. The Labute approximate surface area is 195 Å². The largest absolute Gasteiger partial charge is 0.507 e. The van der Waals surface area contributed by atoms with Crippen LogP contribution in [0, 0.1) is 5.92 Å². The second-order valence-electron chi connectivity index (χ2n) is 8.65. The van der Waals surface area contributed by atoms with Gasteiger partial charge in [-0.25, -0.2) is 0 Å². The summed E-state index contributed by atoms with van der Waals surface area (Å²) in [6.07, 6.45) is 1.54. The summed E-state index contributed by atoms with van der Waals surface area (Å²) in [7, 11) is 0. The molecule has 2 aromatic rings. The quantitative estimate of drug-likeness (QED) is 0.300. The molecule has 2 aromatic carbocycles. The third-order valence-corrected chi connectivity index (χ3v) is 5.34. The fraction of sp³-hybridized carbons (Fsp3) is 0.407.